The molecule has 206 valence electrons. The molecule has 2 rings (SSSR count). The fourth-order valence-electron chi connectivity index (χ4n) is 3.55. The summed E-state index contributed by atoms with van der Waals surface area (Å²) in [5.41, 5.74) is -1.57. The van der Waals surface area contributed by atoms with Gasteiger partial charge in [-0.2, -0.15) is 0 Å². The second kappa shape index (κ2) is 12.1. The van der Waals surface area contributed by atoms with Gasteiger partial charge in [0.1, 0.15) is 23.9 Å². The zero-order valence-corrected chi connectivity index (χ0v) is 22.4. The summed E-state index contributed by atoms with van der Waals surface area (Å²) >= 11 is 0. The summed E-state index contributed by atoms with van der Waals surface area (Å²) in [6, 6.07) is -2.90. The standard InChI is InChI=1S/C23H39N3O10/c1-22(2,3)35-20(29)25-9-10-32-14-17(25)19(28)34-12-15-11-33-13-16(18(27)24(7)31-8)26(15)21(30)36-23(4,5)6/h15-17H,9-14H2,1-8H3/t15?,16-,17-/m1/s1. The van der Waals surface area contributed by atoms with Crippen molar-refractivity contribution in [2.24, 2.45) is 0 Å². The van der Waals surface area contributed by atoms with Gasteiger partial charge in [0.05, 0.1) is 39.6 Å². The third kappa shape index (κ3) is 8.20. The summed E-state index contributed by atoms with van der Waals surface area (Å²) in [5, 5.41) is 0.984. The fraction of sp³-hybridized carbons (Fsp3) is 0.826. The fourth-order valence-corrected chi connectivity index (χ4v) is 3.55. The highest BCUT2D eigenvalue weighted by atomic mass is 16.7. The number of esters is 1. The number of amides is 3. The Labute approximate surface area is 211 Å². The number of hydrogen-bond acceptors (Lipinski definition) is 10. The lowest BCUT2D eigenvalue weighted by Gasteiger charge is -2.42. The number of rotatable bonds is 5. The van der Waals surface area contributed by atoms with Gasteiger partial charge in [-0.1, -0.05) is 0 Å². The maximum absolute atomic E-state index is 13.1. The number of nitrogens with zero attached hydrogens (tertiary/aromatic N) is 3. The van der Waals surface area contributed by atoms with E-state index in [1.165, 1.54) is 24.0 Å². The number of carbonyl (C=O) groups is 4. The first kappa shape index (κ1) is 29.6. The van der Waals surface area contributed by atoms with Crippen LogP contribution in [-0.2, 0) is 38.1 Å². The molecule has 0 saturated carbocycles. The molecular weight excluding hydrogens is 478 g/mol. The number of likely N-dealkylation sites (N-methyl/N-ethyl adjacent to an activating group) is 1. The minimum absolute atomic E-state index is 0.00391. The van der Waals surface area contributed by atoms with Crippen LogP contribution in [0.25, 0.3) is 0 Å². The Morgan fingerprint density at radius 3 is 2.06 bits per heavy atom. The average Bonchev–Trinajstić information content (AvgIpc) is 2.78. The Hall–Kier alpha value is -2.64. The second-order valence-electron chi connectivity index (χ2n) is 10.5. The molecule has 2 aliphatic heterocycles. The molecule has 36 heavy (non-hydrogen) atoms. The van der Waals surface area contributed by atoms with E-state index < -0.39 is 53.4 Å². The van der Waals surface area contributed by atoms with Gasteiger partial charge in [-0.15, -0.1) is 0 Å². The van der Waals surface area contributed by atoms with E-state index in [1.807, 2.05) is 0 Å². The Bertz CT molecular complexity index is 807. The molecule has 13 heteroatoms. The van der Waals surface area contributed by atoms with Gasteiger partial charge in [0, 0.05) is 13.6 Å². The van der Waals surface area contributed by atoms with Crippen molar-refractivity contribution >= 4 is 24.1 Å². The molecule has 1 unspecified atom stereocenters. The maximum Gasteiger partial charge on any atom is 0.411 e. The Morgan fingerprint density at radius 1 is 0.889 bits per heavy atom. The number of ether oxygens (including phenoxy) is 5. The summed E-state index contributed by atoms with van der Waals surface area (Å²) in [5.74, 6) is -1.26. The van der Waals surface area contributed by atoms with Gasteiger partial charge in [-0.3, -0.25) is 19.4 Å². The topological polar surface area (TPSA) is 133 Å². The van der Waals surface area contributed by atoms with Crippen molar-refractivity contribution in [1.29, 1.82) is 0 Å². The molecule has 0 bridgehead atoms. The molecule has 3 atom stereocenters. The minimum atomic E-state index is -1.06. The predicted octanol–water partition coefficient (Wildman–Crippen LogP) is 1.19. The Morgan fingerprint density at radius 2 is 1.47 bits per heavy atom. The van der Waals surface area contributed by atoms with E-state index in [0.29, 0.717) is 0 Å². The molecule has 13 nitrogen and oxygen atoms in total. The summed E-state index contributed by atoms with van der Waals surface area (Å²) < 4.78 is 27.4. The molecule has 2 fully saturated rings. The van der Waals surface area contributed by atoms with Crippen LogP contribution in [0.3, 0.4) is 0 Å². The summed E-state index contributed by atoms with van der Waals surface area (Å²) in [4.78, 5) is 59.0. The van der Waals surface area contributed by atoms with Crippen LogP contribution in [0.5, 0.6) is 0 Å². The number of hydroxylamine groups is 2. The van der Waals surface area contributed by atoms with E-state index in [1.54, 1.807) is 41.5 Å². The maximum atomic E-state index is 13.1. The molecule has 2 saturated heterocycles. The van der Waals surface area contributed by atoms with Gasteiger partial charge in [0.25, 0.3) is 5.91 Å². The molecule has 0 aromatic heterocycles. The van der Waals surface area contributed by atoms with E-state index in [9.17, 15) is 19.2 Å². The molecule has 2 aliphatic rings. The van der Waals surface area contributed by atoms with Crippen LogP contribution >= 0.6 is 0 Å². The van der Waals surface area contributed by atoms with Gasteiger partial charge in [0.15, 0.2) is 6.04 Å². The van der Waals surface area contributed by atoms with E-state index >= 15 is 0 Å². The zero-order chi connectivity index (χ0) is 27.3. The molecule has 2 heterocycles. The van der Waals surface area contributed by atoms with Crippen molar-refractivity contribution in [2.45, 2.75) is 70.9 Å². The second-order valence-corrected chi connectivity index (χ2v) is 10.5. The van der Waals surface area contributed by atoms with Crippen molar-refractivity contribution in [3.8, 4) is 0 Å². The van der Waals surface area contributed by atoms with E-state index in [-0.39, 0.29) is 39.6 Å². The first-order valence-corrected chi connectivity index (χ1v) is 11.8. The molecule has 3 amide bonds. The molecular formula is C23H39N3O10. The molecule has 0 aromatic rings. The van der Waals surface area contributed by atoms with Crippen LogP contribution < -0.4 is 0 Å². The summed E-state index contributed by atoms with van der Waals surface area (Å²) in [7, 11) is 2.73. The summed E-state index contributed by atoms with van der Waals surface area (Å²) in [6.07, 6.45) is -1.41. The largest absolute Gasteiger partial charge is 0.462 e. The molecule has 0 radical (unpaired) electrons. The average molecular weight is 518 g/mol. The van der Waals surface area contributed by atoms with Gasteiger partial charge in [-0.05, 0) is 41.5 Å². The highest BCUT2D eigenvalue weighted by Crippen LogP contribution is 2.22. The highest BCUT2D eigenvalue weighted by Gasteiger charge is 2.44. The third-order valence-electron chi connectivity index (χ3n) is 5.24. The van der Waals surface area contributed by atoms with Crippen molar-refractivity contribution < 1.29 is 47.7 Å². The van der Waals surface area contributed by atoms with Crippen molar-refractivity contribution in [3.63, 3.8) is 0 Å². The first-order valence-electron chi connectivity index (χ1n) is 11.8. The quantitative estimate of drug-likeness (QED) is 0.297. The SMILES string of the molecule is CON(C)C(=O)[C@H]1COCC(COC(=O)[C@H]2COCCN2C(=O)OC(C)(C)C)N1C(=O)OC(C)(C)C. The Balaban J connectivity index is 2.17. The molecule has 0 spiro atoms. The number of morpholine rings is 2. The van der Waals surface area contributed by atoms with Gasteiger partial charge in [-0.25, -0.2) is 19.4 Å². The van der Waals surface area contributed by atoms with Crippen LogP contribution in [0.2, 0.25) is 0 Å². The summed E-state index contributed by atoms with van der Waals surface area (Å²) in [6.45, 7) is 10.3. The third-order valence-corrected chi connectivity index (χ3v) is 5.24. The smallest absolute Gasteiger partial charge is 0.411 e. The van der Waals surface area contributed by atoms with Crippen LogP contribution in [0.1, 0.15) is 41.5 Å². The lowest BCUT2D eigenvalue weighted by atomic mass is 10.1. The van der Waals surface area contributed by atoms with E-state index in [2.05, 4.69) is 0 Å². The van der Waals surface area contributed by atoms with Crippen LogP contribution in [0, 0.1) is 0 Å². The van der Waals surface area contributed by atoms with Gasteiger partial charge in [0.2, 0.25) is 0 Å². The highest BCUT2D eigenvalue weighted by molar-refractivity contribution is 5.86. The van der Waals surface area contributed by atoms with Crippen LogP contribution in [-0.4, -0.2) is 122 Å². The van der Waals surface area contributed by atoms with Crippen molar-refractivity contribution in [2.75, 3.05) is 53.7 Å². The van der Waals surface area contributed by atoms with Gasteiger partial charge >= 0.3 is 18.2 Å². The van der Waals surface area contributed by atoms with Crippen molar-refractivity contribution in [3.05, 3.63) is 0 Å². The lowest BCUT2D eigenvalue weighted by Crippen LogP contribution is -2.62. The van der Waals surface area contributed by atoms with Gasteiger partial charge < -0.3 is 23.7 Å². The number of hydrogen-bond donors (Lipinski definition) is 0. The molecule has 0 aromatic carbocycles. The molecule has 0 aliphatic carbocycles. The van der Waals surface area contributed by atoms with E-state index in [4.69, 9.17) is 28.5 Å². The minimum Gasteiger partial charge on any atom is -0.462 e. The zero-order valence-electron chi connectivity index (χ0n) is 22.4. The monoisotopic (exact) mass is 517 g/mol. The van der Waals surface area contributed by atoms with E-state index in [0.717, 1.165) is 5.06 Å². The molecule has 0 N–H and O–H groups in total. The van der Waals surface area contributed by atoms with Crippen molar-refractivity contribution in [1.82, 2.24) is 14.9 Å². The Kier molecular flexibility index (Phi) is 9.92. The first-order chi connectivity index (χ1) is 16.6. The normalized spacial score (nSPS) is 23.1. The van der Waals surface area contributed by atoms with Crippen LogP contribution in [0.15, 0.2) is 0 Å². The predicted molar refractivity (Wildman–Crippen MR) is 125 cm³/mol. The van der Waals surface area contributed by atoms with Crippen LogP contribution in [0.4, 0.5) is 9.59 Å². The number of carbonyl (C=O) groups excluding carboxylic acids is 4. The lowest BCUT2D eigenvalue weighted by molar-refractivity contribution is -0.183.